The lowest BCUT2D eigenvalue weighted by atomic mass is 10.00. The number of sulfonamides is 1. The van der Waals surface area contributed by atoms with Crippen LogP contribution in [0.2, 0.25) is 0 Å². The molecule has 0 fully saturated rings. The van der Waals surface area contributed by atoms with Gasteiger partial charge in [-0.05, 0) is 42.3 Å². The summed E-state index contributed by atoms with van der Waals surface area (Å²) in [5.41, 5.74) is 4.43. The van der Waals surface area contributed by atoms with Crippen molar-refractivity contribution in [2.24, 2.45) is 10.9 Å². The molecule has 0 aliphatic heterocycles. The summed E-state index contributed by atoms with van der Waals surface area (Å²) < 4.78 is 27.9. The number of aryl methyl sites for hydroxylation is 1. The van der Waals surface area contributed by atoms with Crippen molar-refractivity contribution in [3.8, 4) is 0 Å². The average Bonchev–Trinajstić information content (AvgIpc) is 2.67. The van der Waals surface area contributed by atoms with E-state index in [1.165, 1.54) is 17.4 Å². The van der Waals surface area contributed by atoms with Crippen LogP contribution < -0.4 is 10.5 Å². The maximum atomic E-state index is 12.3. The zero-order valence-electron chi connectivity index (χ0n) is 10.8. The van der Waals surface area contributed by atoms with Crippen LogP contribution in [-0.2, 0) is 10.0 Å². The summed E-state index contributed by atoms with van der Waals surface area (Å²) in [5, 5.41) is 11.6. The lowest BCUT2D eigenvalue weighted by Crippen LogP contribution is -2.54. The fraction of sp³-hybridized carbons (Fsp3) is 0.500. The molecule has 0 aromatic carbocycles. The molecule has 9 heteroatoms. The molecule has 0 radical (unpaired) electrons. The van der Waals surface area contributed by atoms with Crippen LogP contribution in [0, 0.1) is 6.92 Å². The van der Waals surface area contributed by atoms with Crippen LogP contribution in [0.5, 0.6) is 0 Å². The highest BCUT2D eigenvalue weighted by Gasteiger charge is 2.34. The molecule has 108 valence electrons. The minimum atomic E-state index is -3.74. The third kappa shape index (κ3) is 3.47. The van der Waals surface area contributed by atoms with E-state index in [9.17, 15) is 8.42 Å². The van der Waals surface area contributed by atoms with E-state index >= 15 is 0 Å². The Bertz CT molecular complexity index is 597. The van der Waals surface area contributed by atoms with Gasteiger partial charge in [0, 0.05) is 4.88 Å². The Morgan fingerprint density at radius 1 is 1.68 bits per heavy atom. The predicted molar refractivity (Wildman–Crippen MR) is 79.2 cm³/mol. The van der Waals surface area contributed by atoms with Crippen molar-refractivity contribution in [2.75, 3.05) is 0 Å². The fourth-order valence-corrected chi connectivity index (χ4v) is 5.33. The minimum absolute atomic E-state index is 0.175. The molecule has 0 bridgehead atoms. The standard InChI is InChI=1S/C10H16BrN3O3S2/c1-4-10(3,9(12)13-15)14-19(16,17)7-5-8(11)18-6(7)2/h5,14-15H,4H2,1-3H3,(H2,12,13). The number of nitrogens with one attached hydrogen (secondary N) is 1. The highest BCUT2D eigenvalue weighted by Crippen LogP contribution is 2.30. The highest BCUT2D eigenvalue weighted by molar-refractivity contribution is 9.11. The number of hydrogen-bond acceptors (Lipinski definition) is 5. The van der Waals surface area contributed by atoms with Gasteiger partial charge in [-0.1, -0.05) is 12.1 Å². The van der Waals surface area contributed by atoms with Crippen LogP contribution in [0.4, 0.5) is 0 Å². The van der Waals surface area contributed by atoms with Gasteiger partial charge in [0.25, 0.3) is 0 Å². The first-order valence-electron chi connectivity index (χ1n) is 5.44. The van der Waals surface area contributed by atoms with Gasteiger partial charge < -0.3 is 10.9 Å². The van der Waals surface area contributed by atoms with E-state index in [1.807, 2.05) is 0 Å². The van der Waals surface area contributed by atoms with Crippen LogP contribution in [-0.4, -0.2) is 25.0 Å². The number of thiophene rings is 1. The Kier molecular flexibility index (Phi) is 4.99. The number of halogens is 1. The topological polar surface area (TPSA) is 105 Å². The highest BCUT2D eigenvalue weighted by atomic mass is 79.9. The van der Waals surface area contributed by atoms with Gasteiger partial charge in [0.15, 0.2) is 5.84 Å². The van der Waals surface area contributed by atoms with E-state index in [4.69, 9.17) is 10.9 Å². The van der Waals surface area contributed by atoms with Crippen LogP contribution in [0.15, 0.2) is 19.9 Å². The Morgan fingerprint density at radius 3 is 2.63 bits per heavy atom. The molecule has 19 heavy (non-hydrogen) atoms. The van der Waals surface area contributed by atoms with Crippen molar-refractivity contribution in [3.05, 3.63) is 14.7 Å². The smallest absolute Gasteiger partial charge is 0.242 e. The number of hydrogen-bond donors (Lipinski definition) is 3. The zero-order chi connectivity index (χ0) is 14.8. The minimum Gasteiger partial charge on any atom is -0.409 e. The van der Waals surface area contributed by atoms with Gasteiger partial charge in [-0.15, -0.1) is 11.3 Å². The molecule has 4 N–H and O–H groups in total. The van der Waals surface area contributed by atoms with Gasteiger partial charge in [0.1, 0.15) is 0 Å². The maximum Gasteiger partial charge on any atom is 0.242 e. The predicted octanol–water partition coefficient (Wildman–Crippen LogP) is 2.01. The molecule has 0 spiro atoms. The number of oxime groups is 1. The Hall–Kier alpha value is -0.640. The summed E-state index contributed by atoms with van der Waals surface area (Å²) in [6.07, 6.45) is 0.354. The van der Waals surface area contributed by atoms with Crippen molar-refractivity contribution >= 4 is 43.1 Å². The molecule has 6 nitrogen and oxygen atoms in total. The first-order valence-corrected chi connectivity index (χ1v) is 8.53. The number of nitrogens with zero attached hydrogens (tertiary/aromatic N) is 1. The van der Waals surface area contributed by atoms with Crippen molar-refractivity contribution < 1.29 is 13.6 Å². The molecular formula is C10H16BrN3O3S2. The summed E-state index contributed by atoms with van der Waals surface area (Å²) in [4.78, 5) is 0.854. The molecule has 0 saturated heterocycles. The Balaban J connectivity index is 3.20. The van der Waals surface area contributed by atoms with Crippen molar-refractivity contribution in [2.45, 2.75) is 37.6 Å². The molecule has 1 aromatic rings. The van der Waals surface area contributed by atoms with Gasteiger partial charge >= 0.3 is 0 Å². The third-order valence-corrected chi connectivity index (χ3v) is 6.28. The molecule has 0 saturated carbocycles. The first kappa shape index (κ1) is 16.4. The molecule has 1 rings (SSSR count). The van der Waals surface area contributed by atoms with Crippen LogP contribution in [0.25, 0.3) is 0 Å². The second-order valence-electron chi connectivity index (χ2n) is 4.25. The van der Waals surface area contributed by atoms with E-state index in [1.54, 1.807) is 20.8 Å². The normalized spacial score (nSPS) is 16.3. The maximum absolute atomic E-state index is 12.3. The quantitative estimate of drug-likeness (QED) is 0.319. The van der Waals surface area contributed by atoms with E-state index in [0.29, 0.717) is 11.3 Å². The molecular weight excluding hydrogens is 354 g/mol. The molecule has 0 amide bonds. The van der Waals surface area contributed by atoms with Crippen molar-refractivity contribution in [1.82, 2.24) is 4.72 Å². The van der Waals surface area contributed by atoms with E-state index < -0.39 is 15.6 Å². The second-order valence-corrected chi connectivity index (χ2v) is 8.53. The molecule has 1 atom stereocenters. The number of nitrogens with two attached hydrogens (primary N) is 1. The zero-order valence-corrected chi connectivity index (χ0v) is 14.0. The van der Waals surface area contributed by atoms with Gasteiger partial charge in [-0.3, -0.25) is 0 Å². The first-order chi connectivity index (χ1) is 8.66. The van der Waals surface area contributed by atoms with Crippen LogP contribution in [0.1, 0.15) is 25.1 Å². The molecule has 0 aliphatic rings. The summed E-state index contributed by atoms with van der Waals surface area (Å²) in [5.74, 6) is -0.175. The molecule has 1 heterocycles. The van der Waals surface area contributed by atoms with Crippen molar-refractivity contribution in [3.63, 3.8) is 0 Å². The van der Waals surface area contributed by atoms with Crippen LogP contribution >= 0.6 is 27.3 Å². The van der Waals surface area contributed by atoms with E-state index in [-0.39, 0.29) is 10.7 Å². The summed E-state index contributed by atoms with van der Waals surface area (Å²) in [6.45, 7) is 5.03. The second kappa shape index (κ2) is 5.78. The lowest BCUT2D eigenvalue weighted by molar-refractivity contribution is 0.310. The Morgan fingerprint density at radius 2 is 2.26 bits per heavy atom. The summed E-state index contributed by atoms with van der Waals surface area (Å²) in [6, 6.07) is 1.53. The van der Waals surface area contributed by atoms with Gasteiger partial charge in [-0.2, -0.15) is 4.72 Å². The molecule has 0 aliphatic carbocycles. The third-order valence-electron chi connectivity index (χ3n) is 2.87. The largest absolute Gasteiger partial charge is 0.409 e. The summed E-state index contributed by atoms with van der Waals surface area (Å²) >= 11 is 4.58. The van der Waals surface area contributed by atoms with E-state index in [2.05, 4.69) is 25.8 Å². The summed E-state index contributed by atoms with van der Waals surface area (Å²) in [7, 11) is -3.74. The number of rotatable bonds is 5. The fourth-order valence-electron chi connectivity index (χ4n) is 1.46. The van der Waals surface area contributed by atoms with Gasteiger partial charge in [0.2, 0.25) is 10.0 Å². The number of amidine groups is 1. The van der Waals surface area contributed by atoms with Crippen molar-refractivity contribution in [1.29, 1.82) is 0 Å². The van der Waals surface area contributed by atoms with Crippen LogP contribution in [0.3, 0.4) is 0 Å². The van der Waals surface area contributed by atoms with Gasteiger partial charge in [0.05, 0.1) is 14.2 Å². The van der Waals surface area contributed by atoms with Gasteiger partial charge in [-0.25, -0.2) is 8.42 Å². The average molecular weight is 370 g/mol. The molecule has 1 aromatic heterocycles. The SMILES string of the molecule is CCC(C)(NS(=O)(=O)c1cc(Br)sc1C)C(N)=NO. The lowest BCUT2D eigenvalue weighted by Gasteiger charge is -2.27. The monoisotopic (exact) mass is 369 g/mol. The molecule has 1 unspecified atom stereocenters. The Labute approximate surface area is 124 Å². The van der Waals surface area contributed by atoms with E-state index in [0.717, 1.165) is 3.79 Å².